The Labute approximate surface area is 142 Å². The average molecular weight is 346 g/mol. The number of aromatic nitrogens is 7. The number of H-pyrrole nitrogens is 1. The van der Waals surface area contributed by atoms with E-state index in [0.717, 1.165) is 10.7 Å². The Morgan fingerprint density at radius 2 is 2.21 bits per heavy atom. The van der Waals surface area contributed by atoms with Gasteiger partial charge in [-0.2, -0.15) is 14.8 Å². The zero-order valence-corrected chi connectivity index (χ0v) is 14.7. The van der Waals surface area contributed by atoms with Gasteiger partial charge < -0.3 is 5.32 Å². The van der Waals surface area contributed by atoms with Crippen LogP contribution in [0.1, 0.15) is 47.4 Å². The summed E-state index contributed by atoms with van der Waals surface area (Å²) in [5, 5.41) is 16.5. The first-order valence-corrected chi connectivity index (χ1v) is 8.35. The summed E-state index contributed by atoms with van der Waals surface area (Å²) in [5.41, 5.74) is 0.370. The number of hydrogen-bond acceptors (Lipinski definition) is 7. The maximum Gasteiger partial charge on any atom is 0.291 e. The van der Waals surface area contributed by atoms with Crippen LogP contribution < -0.4 is 5.32 Å². The highest BCUT2D eigenvalue weighted by molar-refractivity contribution is 7.09. The third kappa shape index (κ3) is 2.92. The molecule has 0 saturated heterocycles. The number of amides is 1. The molecular weight excluding hydrogens is 328 g/mol. The van der Waals surface area contributed by atoms with Crippen molar-refractivity contribution in [3.8, 4) is 5.95 Å². The van der Waals surface area contributed by atoms with Crippen LogP contribution in [0.4, 0.5) is 0 Å². The van der Waals surface area contributed by atoms with E-state index < -0.39 is 5.54 Å². The largest absolute Gasteiger partial charge is 0.338 e. The van der Waals surface area contributed by atoms with Crippen LogP contribution in [0.25, 0.3) is 5.95 Å². The summed E-state index contributed by atoms with van der Waals surface area (Å²) in [6.07, 6.45) is 2.07. The number of nitrogens with zero attached hydrogens (tertiary/aromatic N) is 6. The lowest BCUT2D eigenvalue weighted by atomic mass is 10.00. The number of carbonyl (C=O) groups is 1. The van der Waals surface area contributed by atoms with Gasteiger partial charge in [-0.05, 0) is 27.2 Å². The van der Waals surface area contributed by atoms with E-state index in [-0.39, 0.29) is 11.7 Å². The molecule has 3 aromatic heterocycles. The maximum absolute atomic E-state index is 12.6. The fourth-order valence-electron chi connectivity index (χ4n) is 2.19. The molecule has 3 heterocycles. The number of hydrogen-bond donors (Lipinski definition) is 2. The van der Waals surface area contributed by atoms with Crippen LogP contribution in [-0.4, -0.2) is 40.8 Å². The fourth-order valence-corrected chi connectivity index (χ4v) is 3.18. The van der Waals surface area contributed by atoms with Crippen LogP contribution in [0, 0.1) is 13.8 Å². The maximum atomic E-state index is 12.6. The summed E-state index contributed by atoms with van der Waals surface area (Å²) in [7, 11) is 0. The van der Waals surface area contributed by atoms with Gasteiger partial charge in [0.25, 0.3) is 5.91 Å². The van der Waals surface area contributed by atoms with Crippen LogP contribution in [0.15, 0.2) is 11.7 Å². The van der Waals surface area contributed by atoms with Crippen LogP contribution in [-0.2, 0) is 5.54 Å². The lowest BCUT2D eigenvalue weighted by molar-refractivity contribution is 0.0891. The summed E-state index contributed by atoms with van der Waals surface area (Å²) in [5.74, 6) is 0.679. The molecule has 2 N–H and O–H groups in total. The third-order valence-corrected chi connectivity index (χ3v) is 4.99. The normalized spacial score (nSPS) is 13.7. The van der Waals surface area contributed by atoms with Crippen molar-refractivity contribution in [2.75, 3.05) is 0 Å². The molecule has 0 bridgehead atoms. The van der Waals surface area contributed by atoms with Crippen molar-refractivity contribution in [1.29, 1.82) is 0 Å². The Bertz CT molecular complexity index is 852. The molecule has 10 heteroatoms. The second-order valence-corrected chi connectivity index (χ2v) is 6.50. The Morgan fingerprint density at radius 3 is 2.79 bits per heavy atom. The zero-order chi connectivity index (χ0) is 17.3. The molecule has 0 aliphatic carbocycles. The van der Waals surface area contributed by atoms with Gasteiger partial charge in [-0.3, -0.25) is 4.79 Å². The Kier molecular flexibility index (Phi) is 4.14. The Morgan fingerprint density at radius 1 is 1.42 bits per heavy atom. The highest BCUT2D eigenvalue weighted by Gasteiger charge is 2.31. The van der Waals surface area contributed by atoms with Crippen LogP contribution >= 0.6 is 11.3 Å². The number of rotatable bonds is 5. The van der Waals surface area contributed by atoms with Gasteiger partial charge in [0.15, 0.2) is 0 Å². The zero-order valence-electron chi connectivity index (χ0n) is 13.9. The molecule has 0 saturated carbocycles. The number of thiazole rings is 1. The molecule has 0 radical (unpaired) electrons. The van der Waals surface area contributed by atoms with Crippen molar-refractivity contribution in [3.05, 3.63) is 34.1 Å². The molecule has 0 aromatic carbocycles. The second-order valence-electron chi connectivity index (χ2n) is 5.64. The number of aromatic amines is 1. The fraction of sp³-hybridized carbons (Fsp3) is 0.429. The van der Waals surface area contributed by atoms with E-state index >= 15 is 0 Å². The Hall–Kier alpha value is -2.62. The number of carbonyl (C=O) groups excluding carboxylic acids is 1. The van der Waals surface area contributed by atoms with Gasteiger partial charge in [-0.1, -0.05) is 6.92 Å². The minimum atomic E-state index is -0.568. The third-order valence-electron chi connectivity index (χ3n) is 3.76. The van der Waals surface area contributed by atoms with Crippen molar-refractivity contribution in [2.24, 2.45) is 0 Å². The molecule has 126 valence electrons. The first-order chi connectivity index (χ1) is 11.4. The average Bonchev–Trinajstić information content (AvgIpc) is 3.27. The van der Waals surface area contributed by atoms with Crippen molar-refractivity contribution in [1.82, 2.24) is 40.2 Å². The van der Waals surface area contributed by atoms with E-state index in [4.69, 9.17) is 0 Å². The van der Waals surface area contributed by atoms with E-state index in [1.807, 2.05) is 26.2 Å². The monoisotopic (exact) mass is 346 g/mol. The topological polar surface area (TPSA) is 114 Å². The van der Waals surface area contributed by atoms with Gasteiger partial charge in [-0.15, -0.1) is 16.4 Å². The molecule has 9 nitrogen and oxygen atoms in total. The molecule has 1 amide bonds. The van der Waals surface area contributed by atoms with E-state index in [9.17, 15) is 4.79 Å². The highest BCUT2D eigenvalue weighted by Crippen LogP contribution is 2.27. The van der Waals surface area contributed by atoms with E-state index in [1.165, 1.54) is 22.3 Å². The molecule has 24 heavy (non-hydrogen) atoms. The van der Waals surface area contributed by atoms with Crippen molar-refractivity contribution < 1.29 is 4.79 Å². The van der Waals surface area contributed by atoms with Crippen molar-refractivity contribution in [2.45, 2.75) is 39.7 Å². The van der Waals surface area contributed by atoms with Crippen LogP contribution in [0.2, 0.25) is 0 Å². The number of aryl methyl sites for hydroxylation is 2. The highest BCUT2D eigenvalue weighted by atomic mass is 32.1. The van der Waals surface area contributed by atoms with Gasteiger partial charge in [0.2, 0.25) is 11.8 Å². The quantitative estimate of drug-likeness (QED) is 0.724. The summed E-state index contributed by atoms with van der Waals surface area (Å²) < 4.78 is 1.44. The molecule has 3 rings (SSSR count). The molecule has 0 aliphatic rings. The second kappa shape index (κ2) is 6.11. The smallest absolute Gasteiger partial charge is 0.291 e. The molecule has 0 spiro atoms. The number of nitrogens with one attached hydrogen (secondary N) is 2. The first kappa shape index (κ1) is 16.2. The summed E-state index contributed by atoms with van der Waals surface area (Å²) in [4.78, 5) is 25.3. The standard InChI is InChI=1S/C14H18N8OS/c1-5-14(4,12-17-8(2)6-24-12)19-11(23)10-18-9(3)22(21-10)13-15-7-16-20-13/h6-7H,5H2,1-4H3,(H,19,23)(H,15,16,20)/t14-/m0/s1. The molecular formula is C14H18N8OS. The lowest BCUT2D eigenvalue weighted by Crippen LogP contribution is -2.43. The molecule has 0 fully saturated rings. The predicted molar refractivity (Wildman–Crippen MR) is 88.0 cm³/mol. The molecule has 0 aliphatic heterocycles. The Balaban J connectivity index is 1.85. The predicted octanol–water partition coefficient (Wildman–Crippen LogP) is 1.51. The van der Waals surface area contributed by atoms with Crippen molar-refractivity contribution >= 4 is 17.2 Å². The minimum absolute atomic E-state index is 0.0804. The van der Waals surface area contributed by atoms with Crippen LogP contribution in [0.3, 0.4) is 0 Å². The van der Waals surface area contributed by atoms with E-state index in [0.29, 0.717) is 18.2 Å². The van der Waals surface area contributed by atoms with Crippen LogP contribution in [0.5, 0.6) is 0 Å². The van der Waals surface area contributed by atoms with Gasteiger partial charge >= 0.3 is 0 Å². The lowest BCUT2D eigenvalue weighted by Gasteiger charge is -2.26. The molecule has 1 atom stereocenters. The van der Waals surface area contributed by atoms with Gasteiger partial charge in [0, 0.05) is 11.1 Å². The van der Waals surface area contributed by atoms with Gasteiger partial charge in [0.05, 0.1) is 5.54 Å². The molecule has 3 aromatic rings. The van der Waals surface area contributed by atoms with E-state index in [1.54, 1.807) is 6.92 Å². The SMILES string of the molecule is CC[C@](C)(NC(=O)c1nc(C)n(-c2ncn[nH]2)n1)c1nc(C)cs1. The van der Waals surface area contributed by atoms with E-state index in [2.05, 4.69) is 35.6 Å². The molecule has 0 unspecified atom stereocenters. The summed E-state index contributed by atoms with van der Waals surface area (Å²) in [6.45, 7) is 7.63. The van der Waals surface area contributed by atoms with Gasteiger partial charge in [0.1, 0.15) is 17.2 Å². The minimum Gasteiger partial charge on any atom is -0.338 e. The summed E-state index contributed by atoms with van der Waals surface area (Å²) >= 11 is 1.53. The van der Waals surface area contributed by atoms with Gasteiger partial charge in [-0.25, -0.2) is 15.1 Å². The first-order valence-electron chi connectivity index (χ1n) is 7.47. The van der Waals surface area contributed by atoms with Crippen molar-refractivity contribution in [3.63, 3.8) is 0 Å². The summed E-state index contributed by atoms with van der Waals surface area (Å²) in [6, 6.07) is 0.